The monoisotopic (exact) mass is 445 g/mol. The summed E-state index contributed by atoms with van der Waals surface area (Å²) in [6.45, 7) is 3.41. The molecule has 4 rings (SSSR count). The first kappa shape index (κ1) is 18.5. The first-order valence-electron chi connectivity index (χ1n) is 9.22. The van der Waals surface area contributed by atoms with Crippen LogP contribution in [0.1, 0.15) is 32.0 Å². The largest absolute Gasteiger partial charge is 0.354 e. The summed E-state index contributed by atoms with van der Waals surface area (Å²) >= 11 is 3.33. The molecule has 0 radical (unpaired) electrons. The van der Waals surface area contributed by atoms with Gasteiger partial charge in [-0.05, 0) is 28.4 Å². The van der Waals surface area contributed by atoms with Crippen molar-refractivity contribution >= 4 is 38.8 Å². The van der Waals surface area contributed by atoms with Gasteiger partial charge < -0.3 is 10.3 Å². The number of aromatic nitrogens is 8. The van der Waals surface area contributed by atoms with E-state index in [1.165, 1.54) is 0 Å². The van der Waals surface area contributed by atoms with Gasteiger partial charge in [0.15, 0.2) is 15.9 Å². The lowest BCUT2D eigenvalue weighted by atomic mass is 10.2. The van der Waals surface area contributed by atoms with Gasteiger partial charge >= 0.3 is 0 Å². The fourth-order valence-corrected chi connectivity index (χ4v) is 3.51. The molecule has 146 valence electrons. The van der Waals surface area contributed by atoms with Gasteiger partial charge in [0.1, 0.15) is 5.82 Å². The number of hydrogen-bond donors (Lipinski definition) is 2. The van der Waals surface area contributed by atoms with E-state index in [4.69, 9.17) is 0 Å². The van der Waals surface area contributed by atoms with Gasteiger partial charge in [-0.15, -0.1) is 10.2 Å². The van der Waals surface area contributed by atoms with Crippen LogP contribution >= 0.6 is 15.9 Å². The van der Waals surface area contributed by atoms with E-state index in [1.807, 2.05) is 4.57 Å². The molecule has 0 aromatic carbocycles. The molecule has 28 heavy (non-hydrogen) atoms. The van der Waals surface area contributed by atoms with Crippen LogP contribution in [0.4, 0.5) is 5.95 Å². The zero-order valence-electron chi connectivity index (χ0n) is 15.4. The summed E-state index contributed by atoms with van der Waals surface area (Å²) in [4.78, 5) is 28.7. The molecule has 11 heteroatoms. The predicted octanol–water partition coefficient (Wildman–Crippen LogP) is 2.16. The van der Waals surface area contributed by atoms with Crippen LogP contribution < -0.4 is 10.9 Å². The minimum Gasteiger partial charge on any atom is -0.354 e. The number of halogens is 1. The highest BCUT2D eigenvalue weighted by atomic mass is 79.9. The zero-order chi connectivity index (χ0) is 19.5. The summed E-state index contributed by atoms with van der Waals surface area (Å²) < 4.78 is 4.04. The summed E-state index contributed by atoms with van der Waals surface area (Å²) in [6, 6.07) is 1.76. The Morgan fingerprint density at radius 1 is 1.21 bits per heavy atom. The van der Waals surface area contributed by atoms with Gasteiger partial charge in [-0.25, -0.2) is 19.4 Å². The molecule has 4 aromatic heterocycles. The zero-order valence-corrected chi connectivity index (χ0v) is 17.0. The molecule has 10 nitrogen and oxygen atoms in total. The first-order valence-corrected chi connectivity index (χ1v) is 10.0. The van der Waals surface area contributed by atoms with Crippen LogP contribution in [0.15, 0.2) is 28.0 Å². The summed E-state index contributed by atoms with van der Waals surface area (Å²) in [5.41, 5.74) is 0.831. The fourth-order valence-electron chi connectivity index (χ4n) is 3.14. The number of fused-ring (bicyclic) bond motifs is 2. The Bertz CT molecular complexity index is 1150. The molecule has 0 amide bonds. The van der Waals surface area contributed by atoms with Crippen LogP contribution in [-0.2, 0) is 13.0 Å². The Kier molecular flexibility index (Phi) is 5.33. The standard InChI is InChI=1S/C17H20BrN9O/c1-2-3-4-10-26-13-12(22-15(18)23-13)14(28)27-11(24-25-17(26)27)6-9-21-16-19-7-5-8-20-16/h5,7-8H,2-4,6,9-10H2,1H3,(H,22,23)(H,19,20,21). The summed E-state index contributed by atoms with van der Waals surface area (Å²) in [6.07, 6.45) is 7.02. The fraction of sp³-hybridized carbons (Fsp3) is 0.412. The van der Waals surface area contributed by atoms with Crippen molar-refractivity contribution in [2.75, 3.05) is 11.9 Å². The molecule has 0 aliphatic rings. The van der Waals surface area contributed by atoms with Crippen molar-refractivity contribution in [3.8, 4) is 0 Å². The van der Waals surface area contributed by atoms with Gasteiger partial charge in [-0.2, -0.15) is 0 Å². The average Bonchev–Trinajstić information content (AvgIpc) is 3.29. The highest BCUT2D eigenvalue weighted by Crippen LogP contribution is 2.16. The van der Waals surface area contributed by atoms with E-state index in [0.29, 0.717) is 46.4 Å². The smallest absolute Gasteiger partial charge is 0.286 e. The van der Waals surface area contributed by atoms with Crippen LogP contribution in [-0.4, -0.2) is 45.6 Å². The Morgan fingerprint density at radius 3 is 2.82 bits per heavy atom. The molecule has 0 aliphatic heterocycles. The number of H-pyrrole nitrogens is 1. The lowest BCUT2D eigenvalue weighted by Gasteiger charge is -2.09. The van der Waals surface area contributed by atoms with Gasteiger partial charge in [0.25, 0.3) is 5.56 Å². The van der Waals surface area contributed by atoms with Gasteiger partial charge in [-0.1, -0.05) is 19.8 Å². The number of rotatable bonds is 8. The summed E-state index contributed by atoms with van der Waals surface area (Å²) in [5, 5.41) is 11.7. The molecule has 0 saturated heterocycles. The van der Waals surface area contributed by atoms with Crippen LogP contribution in [0.5, 0.6) is 0 Å². The maximum absolute atomic E-state index is 13.0. The van der Waals surface area contributed by atoms with Gasteiger partial charge in [0.05, 0.1) is 0 Å². The molecular weight excluding hydrogens is 426 g/mol. The molecule has 0 saturated carbocycles. The van der Waals surface area contributed by atoms with E-state index in [0.717, 1.165) is 25.8 Å². The van der Waals surface area contributed by atoms with Crippen LogP contribution in [0.3, 0.4) is 0 Å². The third kappa shape index (κ3) is 3.49. The SMILES string of the molecule is CCCCCn1c2nc(Br)[nH]c2c(=O)n2c(CCNc3ncccn3)nnc12. The maximum Gasteiger partial charge on any atom is 0.286 e. The molecule has 4 aromatic rings. The number of imidazole rings is 1. The van der Waals surface area contributed by atoms with Crippen molar-refractivity contribution in [2.45, 2.75) is 39.2 Å². The Balaban J connectivity index is 1.69. The summed E-state index contributed by atoms with van der Waals surface area (Å²) in [5.74, 6) is 1.63. The second-order valence-corrected chi connectivity index (χ2v) is 7.14. The normalized spacial score (nSPS) is 11.5. The second-order valence-electron chi connectivity index (χ2n) is 6.39. The van der Waals surface area contributed by atoms with E-state index >= 15 is 0 Å². The number of hydrogen-bond acceptors (Lipinski definition) is 7. The summed E-state index contributed by atoms with van der Waals surface area (Å²) in [7, 11) is 0. The highest BCUT2D eigenvalue weighted by Gasteiger charge is 2.19. The molecule has 0 fully saturated rings. The van der Waals surface area contributed by atoms with Gasteiger partial charge in [-0.3, -0.25) is 9.36 Å². The number of anilines is 1. The van der Waals surface area contributed by atoms with E-state index < -0.39 is 0 Å². The highest BCUT2D eigenvalue weighted by molar-refractivity contribution is 9.10. The molecule has 0 bridgehead atoms. The van der Waals surface area contributed by atoms with Crippen molar-refractivity contribution < 1.29 is 0 Å². The third-order valence-corrected chi connectivity index (χ3v) is 4.84. The quantitative estimate of drug-likeness (QED) is 0.315. The molecule has 0 atom stereocenters. The van der Waals surface area contributed by atoms with Gasteiger partial charge in [0, 0.05) is 31.9 Å². The van der Waals surface area contributed by atoms with Gasteiger partial charge in [0.2, 0.25) is 11.7 Å². The molecule has 0 aliphatic carbocycles. The second kappa shape index (κ2) is 8.05. The van der Waals surface area contributed by atoms with Crippen molar-refractivity contribution in [3.05, 3.63) is 39.4 Å². The lowest BCUT2D eigenvalue weighted by Crippen LogP contribution is -2.22. The number of nitrogens with one attached hydrogen (secondary N) is 2. The first-order chi connectivity index (χ1) is 13.7. The van der Waals surface area contributed by atoms with E-state index in [1.54, 1.807) is 22.9 Å². The Hall–Kier alpha value is -2.82. The third-order valence-electron chi connectivity index (χ3n) is 4.47. The van der Waals surface area contributed by atoms with Crippen molar-refractivity contribution in [1.82, 2.24) is 39.1 Å². The Labute approximate surface area is 168 Å². The minimum absolute atomic E-state index is 0.203. The van der Waals surface area contributed by atoms with Crippen molar-refractivity contribution in [2.24, 2.45) is 0 Å². The van der Waals surface area contributed by atoms with Crippen LogP contribution in [0.2, 0.25) is 0 Å². The van der Waals surface area contributed by atoms with Crippen molar-refractivity contribution in [1.29, 1.82) is 0 Å². The number of nitrogens with zero attached hydrogens (tertiary/aromatic N) is 7. The molecule has 4 heterocycles. The number of aromatic amines is 1. The minimum atomic E-state index is -0.203. The predicted molar refractivity (Wildman–Crippen MR) is 108 cm³/mol. The van der Waals surface area contributed by atoms with E-state index in [2.05, 4.69) is 58.3 Å². The Morgan fingerprint density at radius 2 is 2.04 bits per heavy atom. The maximum atomic E-state index is 13.0. The van der Waals surface area contributed by atoms with Crippen molar-refractivity contribution in [3.63, 3.8) is 0 Å². The van der Waals surface area contributed by atoms with E-state index in [-0.39, 0.29) is 5.56 Å². The van der Waals surface area contributed by atoms with E-state index in [9.17, 15) is 4.79 Å². The molecule has 2 N–H and O–H groups in total. The number of aryl methyl sites for hydroxylation is 1. The van der Waals surface area contributed by atoms with Crippen LogP contribution in [0.25, 0.3) is 16.9 Å². The molecule has 0 unspecified atom stereocenters. The number of unbranched alkanes of at least 4 members (excludes halogenated alkanes) is 2. The lowest BCUT2D eigenvalue weighted by molar-refractivity contribution is 0.612. The molecule has 0 spiro atoms. The average molecular weight is 446 g/mol. The molecular formula is C17H20BrN9O. The topological polar surface area (TPSA) is 119 Å². The van der Waals surface area contributed by atoms with Crippen LogP contribution in [0, 0.1) is 0 Å².